The molecule has 0 aliphatic heterocycles. The number of thioether (sulfide) groups is 1. The molecule has 0 atom stereocenters. The average Bonchev–Trinajstić information content (AvgIpc) is 2.38. The van der Waals surface area contributed by atoms with Crippen LogP contribution in [0.2, 0.25) is 0 Å². The molecule has 0 saturated heterocycles. The van der Waals surface area contributed by atoms with Gasteiger partial charge in [-0.25, -0.2) is 0 Å². The molecule has 104 valence electrons. The smallest absolute Gasteiger partial charge is 0.321 e. The molecular weight excluding hydrogens is 268 g/mol. The van der Waals surface area contributed by atoms with E-state index in [0.29, 0.717) is 11.5 Å². The Morgan fingerprint density at radius 2 is 1.65 bits per heavy atom. The van der Waals surface area contributed by atoms with Crippen LogP contribution in [-0.2, 0) is 4.79 Å². The third-order valence-corrected chi connectivity index (χ3v) is 4.23. The van der Waals surface area contributed by atoms with Gasteiger partial charge in [-0.15, -0.1) is 11.8 Å². The quantitative estimate of drug-likeness (QED) is 0.476. The van der Waals surface area contributed by atoms with Crippen molar-refractivity contribution >= 4 is 17.7 Å². The molecule has 0 heterocycles. The van der Waals surface area contributed by atoms with E-state index in [2.05, 4.69) is 32.9 Å². The molecular formula is C17H18O2S. The molecule has 2 aromatic rings. The minimum Gasteiger partial charge on any atom is -0.426 e. The van der Waals surface area contributed by atoms with Crippen molar-refractivity contribution < 1.29 is 9.53 Å². The van der Waals surface area contributed by atoms with Crippen molar-refractivity contribution in [3.8, 4) is 5.75 Å². The van der Waals surface area contributed by atoms with Crippen LogP contribution in [0.5, 0.6) is 5.75 Å². The summed E-state index contributed by atoms with van der Waals surface area (Å²) in [5.74, 6) is 0.690. The van der Waals surface area contributed by atoms with Gasteiger partial charge in [0.05, 0.1) is 5.75 Å². The second kappa shape index (κ2) is 6.62. The molecule has 0 fully saturated rings. The summed E-state index contributed by atoms with van der Waals surface area (Å²) in [6.45, 7) is 6.23. The molecule has 0 spiro atoms. The minimum absolute atomic E-state index is 0.222. The summed E-state index contributed by atoms with van der Waals surface area (Å²) in [4.78, 5) is 13.0. The summed E-state index contributed by atoms with van der Waals surface area (Å²) < 4.78 is 5.28. The number of carbonyl (C=O) groups excluding carboxylic acids is 1. The van der Waals surface area contributed by atoms with Crippen molar-refractivity contribution in [1.29, 1.82) is 0 Å². The lowest BCUT2D eigenvalue weighted by Gasteiger charge is -2.10. The Bertz CT molecular complexity index is 583. The van der Waals surface area contributed by atoms with Crippen molar-refractivity contribution in [3.05, 3.63) is 59.2 Å². The Labute approximate surface area is 124 Å². The number of hydrogen-bond donors (Lipinski definition) is 0. The second-order valence-electron chi connectivity index (χ2n) is 4.80. The van der Waals surface area contributed by atoms with Gasteiger partial charge in [-0.3, -0.25) is 4.79 Å². The number of ether oxygens (including phenoxy) is 1. The van der Waals surface area contributed by atoms with E-state index in [1.807, 2.05) is 18.2 Å². The van der Waals surface area contributed by atoms with E-state index >= 15 is 0 Å². The number of hydrogen-bond acceptors (Lipinski definition) is 3. The van der Waals surface area contributed by atoms with Crippen molar-refractivity contribution in [2.24, 2.45) is 0 Å². The van der Waals surface area contributed by atoms with Crippen LogP contribution in [0.25, 0.3) is 0 Å². The van der Waals surface area contributed by atoms with E-state index in [0.717, 1.165) is 0 Å². The molecule has 20 heavy (non-hydrogen) atoms. The molecule has 0 amide bonds. The molecule has 0 saturated carbocycles. The summed E-state index contributed by atoms with van der Waals surface area (Å²) in [6.07, 6.45) is 0. The highest BCUT2D eigenvalue weighted by Gasteiger charge is 2.09. The molecule has 3 heteroatoms. The van der Waals surface area contributed by atoms with Crippen LogP contribution < -0.4 is 4.74 Å². The Balaban J connectivity index is 1.97. The highest BCUT2D eigenvalue weighted by molar-refractivity contribution is 8.00. The summed E-state index contributed by atoms with van der Waals surface area (Å²) >= 11 is 1.54. The minimum atomic E-state index is -0.222. The third-order valence-electron chi connectivity index (χ3n) is 2.91. The fourth-order valence-corrected chi connectivity index (χ4v) is 3.07. The Morgan fingerprint density at radius 1 is 1.05 bits per heavy atom. The Hall–Kier alpha value is -1.74. The number of esters is 1. The lowest BCUT2D eigenvalue weighted by molar-refractivity contribution is -0.131. The molecule has 0 unspecified atom stereocenters. The van der Waals surface area contributed by atoms with Crippen molar-refractivity contribution in [2.45, 2.75) is 25.7 Å². The molecule has 2 rings (SSSR count). The molecule has 0 aromatic heterocycles. The summed E-state index contributed by atoms with van der Waals surface area (Å²) in [6, 6.07) is 13.4. The van der Waals surface area contributed by atoms with Crippen LogP contribution in [-0.4, -0.2) is 11.7 Å². The van der Waals surface area contributed by atoms with Crippen molar-refractivity contribution in [1.82, 2.24) is 0 Å². The van der Waals surface area contributed by atoms with Crippen LogP contribution in [0.4, 0.5) is 0 Å². The number of aryl methyl sites for hydroxylation is 3. The fraction of sp³-hybridized carbons (Fsp3) is 0.235. The number of rotatable bonds is 4. The lowest BCUT2D eigenvalue weighted by Crippen LogP contribution is -2.10. The molecule has 2 nitrogen and oxygen atoms in total. The largest absolute Gasteiger partial charge is 0.426 e. The van der Waals surface area contributed by atoms with Gasteiger partial charge in [0, 0.05) is 4.90 Å². The van der Waals surface area contributed by atoms with Gasteiger partial charge in [0.25, 0.3) is 0 Å². The van der Waals surface area contributed by atoms with Gasteiger partial charge in [-0.1, -0.05) is 35.9 Å². The van der Waals surface area contributed by atoms with E-state index in [1.54, 1.807) is 12.1 Å². The first-order valence-corrected chi connectivity index (χ1v) is 7.51. The predicted molar refractivity (Wildman–Crippen MR) is 83.5 cm³/mol. The summed E-state index contributed by atoms with van der Waals surface area (Å²) in [5.41, 5.74) is 3.66. The van der Waals surface area contributed by atoms with Gasteiger partial charge in [0.2, 0.25) is 0 Å². The van der Waals surface area contributed by atoms with Gasteiger partial charge in [0.1, 0.15) is 5.75 Å². The molecule has 0 bridgehead atoms. The fourth-order valence-electron chi connectivity index (χ4n) is 2.17. The van der Waals surface area contributed by atoms with Gasteiger partial charge < -0.3 is 4.74 Å². The van der Waals surface area contributed by atoms with Crippen LogP contribution in [0.3, 0.4) is 0 Å². The maximum Gasteiger partial charge on any atom is 0.321 e. The van der Waals surface area contributed by atoms with E-state index < -0.39 is 0 Å². The lowest BCUT2D eigenvalue weighted by atomic mass is 10.1. The monoisotopic (exact) mass is 286 g/mol. The maximum atomic E-state index is 11.8. The Kier molecular flexibility index (Phi) is 4.85. The van der Waals surface area contributed by atoms with E-state index in [9.17, 15) is 4.79 Å². The molecule has 0 aliphatic rings. The van der Waals surface area contributed by atoms with E-state index in [1.165, 1.54) is 33.3 Å². The molecule has 0 N–H and O–H groups in total. The number of benzene rings is 2. The second-order valence-corrected chi connectivity index (χ2v) is 5.79. The third kappa shape index (κ3) is 3.87. The topological polar surface area (TPSA) is 26.3 Å². The molecule has 2 aromatic carbocycles. The van der Waals surface area contributed by atoms with Gasteiger partial charge in [0.15, 0.2) is 0 Å². The summed E-state index contributed by atoms with van der Waals surface area (Å²) in [5, 5.41) is 0. The first-order valence-electron chi connectivity index (χ1n) is 6.52. The van der Waals surface area contributed by atoms with Crippen molar-refractivity contribution in [2.75, 3.05) is 5.75 Å². The zero-order valence-corrected chi connectivity index (χ0v) is 12.8. The van der Waals surface area contributed by atoms with Crippen LogP contribution in [0, 0.1) is 20.8 Å². The zero-order valence-electron chi connectivity index (χ0n) is 12.0. The zero-order chi connectivity index (χ0) is 14.5. The van der Waals surface area contributed by atoms with E-state index in [-0.39, 0.29) is 5.97 Å². The maximum absolute atomic E-state index is 11.8. The van der Waals surface area contributed by atoms with E-state index in [4.69, 9.17) is 4.74 Å². The van der Waals surface area contributed by atoms with Crippen LogP contribution >= 0.6 is 11.8 Å². The number of carbonyl (C=O) groups is 1. The van der Waals surface area contributed by atoms with Crippen molar-refractivity contribution in [3.63, 3.8) is 0 Å². The molecule has 0 aliphatic carbocycles. The molecule has 0 radical (unpaired) electrons. The number of para-hydroxylation sites is 1. The SMILES string of the molecule is Cc1cc(C)c(SCC(=O)Oc2ccccc2)c(C)c1. The normalized spacial score (nSPS) is 10.3. The van der Waals surface area contributed by atoms with Gasteiger partial charge in [-0.05, 0) is 44.0 Å². The van der Waals surface area contributed by atoms with Crippen LogP contribution in [0.1, 0.15) is 16.7 Å². The first-order chi connectivity index (χ1) is 9.56. The standard InChI is InChI=1S/C17H18O2S/c1-12-9-13(2)17(14(3)10-12)20-11-16(18)19-15-7-5-4-6-8-15/h4-10H,11H2,1-3H3. The predicted octanol–water partition coefficient (Wildman–Crippen LogP) is 4.31. The van der Waals surface area contributed by atoms with Crippen LogP contribution in [0.15, 0.2) is 47.4 Å². The highest BCUT2D eigenvalue weighted by Crippen LogP contribution is 2.27. The highest BCUT2D eigenvalue weighted by atomic mass is 32.2. The Morgan fingerprint density at radius 3 is 2.25 bits per heavy atom. The first kappa shape index (κ1) is 14.7. The average molecular weight is 286 g/mol. The summed E-state index contributed by atoms with van der Waals surface area (Å²) in [7, 11) is 0. The van der Waals surface area contributed by atoms with Gasteiger partial charge in [-0.2, -0.15) is 0 Å². The van der Waals surface area contributed by atoms with Gasteiger partial charge >= 0.3 is 5.97 Å².